The van der Waals surface area contributed by atoms with Crippen LogP contribution >= 0.6 is 28.3 Å². The molecule has 20 heavy (non-hydrogen) atoms. The molecule has 1 fully saturated rings. The van der Waals surface area contributed by atoms with Gasteiger partial charge in [-0.3, -0.25) is 0 Å². The number of hydrogen-bond acceptors (Lipinski definition) is 4. The average Bonchev–Trinajstić information content (AvgIpc) is 3.02. The van der Waals surface area contributed by atoms with Crippen molar-refractivity contribution in [2.24, 2.45) is 5.73 Å². The molecule has 4 nitrogen and oxygen atoms in total. The molecule has 2 N–H and O–H groups in total. The lowest BCUT2D eigenvalue weighted by Crippen LogP contribution is -2.34. The molecule has 1 aliphatic rings. The van der Waals surface area contributed by atoms with Gasteiger partial charge in [0, 0.05) is 4.47 Å². The van der Waals surface area contributed by atoms with Crippen LogP contribution in [0.25, 0.3) is 0 Å². The third kappa shape index (κ3) is 3.22. The van der Waals surface area contributed by atoms with Crippen molar-refractivity contribution in [2.75, 3.05) is 0 Å². The molecule has 1 aliphatic carbocycles. The zero-order valence-electron chi connectivity index (χ0n) is 11.0. The van der Waals surface area contributed by atoms with Crippen LogP contribution in [0, 0.1) is 0 Å². The van der Waals surface area contributed by atoms with Gasteiger partial charge in [0.05, 0.1) is 12.0 Å². The quantitative estimate of drug-likeness (QED) is 0.911. The Kier molecular flexibility index (Phi) is 4.83. The lowest BCUT2D eigenvalue weighted by molar-refractivity contribution is 0.352. The summed E-state index contributed by atoms with van der Waals surface area (Å²) in [5, 5.41) is 4.06. The van der Waals surface area contributed by atoms with E-state index in [4.69, 9.17) is 10.3 Å². The van der Waals surface area contributed by atoms with Crippen LogP contribution in [-0.4, -0.2) is 10.1 Å². The van der Waals surface area contributed by atoms with Gasteiger partial charge in [0.2, 0.25) is 5.89 Å². The standard InChI is InChI=1S/C14H16BrN3O.ClH/c15-11-5-3-10(4-6-11)9-12-17-13(18-19-12)14(16)7-1-2-8-14;/h3-6H,1-2,7-9,16H2;1H. The first-order valence-corrected chi connectivity index (χ1v) is 7.31. The lowest BCUT2D eigenvalue weighted by atomic mass is 9.99. The molecule has 108 valence electrons. The Morgan fingerprint density at radius 3 is 2.50 bits per heavy atom. The van der Waals surface area contributed by atoms with E-state index < -0.39 is 0 Å². The summed E-state index contributed by atoms with van der Waals surface area (Å²) in [6.45, 7) is 0. The molecular formula is C14H17BrClN3O. The number of hydrogen-bond donors (Lipinski definition) is 1. The molecule has 1 saturated carbocycles. The van der Waals surface area contributed by atoms with Crippen LogP contribution in [0.15, 0.2) is 33.3 Å². The van der Waals surface area contributed by atoms with E-state index >= 15 is 0 Å². The van der Waals surface area contributed by atoms with Crippen LogP contribution in [0.4, 0.5) is 0 Å². The van der Waals surface area contributed by atoms with Crippen LogP contribution in [0.3, 0.4) is 0 Å². The molecule has 0 radical (unpaired) electrons. The molecule has 0 aliphatic heterocycles. The number of benzene rings is 1. The average molecular weight is 359 g/mol. The van der Waals surface area contributed by atoms with Gasteiger partial charge in [-0.25, -0.2) is 0 Å². The van der Waals surface area contributed by atoms with Crippen molar-refractivity contribution in [1.82, 2.24) is 10.1 Å². The number of aromatic nitrogens is 2. The number of rotatable bonds is 3. The second kappa shape index (κ2) is 6.24. The number of nitrogens with zero attached hydrogens (tertiary/aromatic N) is 2. The second-order valence-corrected chi connectivity index (χ2v) is 6.09. The highest BCUT2D eigenvalue weighted by Gasteiger charge is 2.35. The highest BCUT2D eigenvalue weighted by atomic mass is 79.9. The first kappa shape index (κ1) is 15.5. The summed E-state index contributed by atoms with van der Waals surface area (Å²) in [4.78, 5) is 4.47. The van der Waals surface area contributed by atoms with Gasteiger partial charge in [-0.15, -0.1) is 12.4 Å². The van der Waals surface area contributed by atoms with Crippen LogP contribution in [0.2, 0.25) is 0 Å². The minimum absolute atomic E-state index is 0. The molecule has 1 aromatic carbocycles. The van der Waals surface area contributed by atoms with Gasteiger partial charge in [0.15, 0.2) is 5.82 Å². The van der Waals surface area contributed by atoms with Gasteiger partial charge >= 0.3 is 0 Å². The molecular weight excluding hydrogens is 342 g/mol. The van der Waals surface area contributed by atoms with E-state index in [1.807, 2.05) is 24.3 Å². The van der Waals surface area contributed by atoms with Crippen molar-refractivity contribution in [1.29, 1.82) is 0 Å². The van der Waals surface area contributed by atoms with Gasteiger partial charge in [-0.2, -0.15) is 4.98 Å². The summed E-state index contributed by atoms with van der Waals surface area (Å²) < 4.78 is 6.39. The minimum atomic E-state index is -0.374. The third-order valence-corrected chi connectivity index (χ3v) is 4.21. The number of nitrogens with two attached hydrogens (primary N) is 1. The summed E-state index contributed by atoms with van der Waals surface area (Å²) >= 11 is 3.42. The highest BCUT2D eigenvalue weighted by Crippen LogP contribution is 2.34. The molecule has 0 bridgehead atoms. The van der Waals surface area contributed by atoms with Crippen molar-refractivity contribution in [3.05, 3.63) is 46.0 Å². The zero-order chi connectivity index (χ0) is 13.3. The Balaban J connectivity index is 0.00000147. The number of halogens is 2. The molecule has 2 aromatic rings. The maximum atomic E-state index is 6.32. The van der Waals surface area contributed by atoms with Gasteiger partial charge in [-0.05, 0) is 30.5 Å². The van der Waals surface area contributed by atoms with Crippen molar-refractivity contribution < 1.29 is 4.52 Å². The van der Waals surface area contributed by atoms with Crippen molar-refractivity contribution in [3.8, 4) is 0 Å². The fourth-order valence-electron chi connectivity index (χ4n) is 2.54. The van der Waals surface area contributed by atoms with Gasteiger partial charge < -0.3 is 10.3 Å². The van der Waals surface area contributed by atoms with Crippen molar-refractivity contribution >= 4 is 28.3 Å². The van der Waals surface area contributed by atoms with Gasteiger partial charge in [0.1, 0.15) is 0 Å². The van der Waals surface area contributed by atoms with Crippen molar-refractivity contribution in [3.63, 3.8) is 0 Å². The SMILES string of the molecule is Cl.NC1(c2noc(Cc3ccc(Br)cc3)n2)CCCC1. The van der Waals surface area contributed by atoms with Gasteiger partial charge in [0.25, 0.3) is 0 Å². The summed E-state index contributed by atoms with van der Waals surface area (Å²) in [7, 11) is 0. The zero-order valence-corrected chi connectivity index (χ0v) is 13.4. The van der Waals surface area contributed by atoms with Crippen molar-refractivity contribution in [2.45, 2.75) is 37.6 Å². The molecule has 6 heteroatoms. The topological polar surface area (TPSA) is 64.9 Å². The lowest BCUT2D eigenvalue weighted by Gasteiger charge is -2.17. The fraction of sp³-hybridized carbons (Fsp3) is 0.429. The van der Waals surface area contributed by atoms with Gasteiger partial charge in [-0.1, -0.05) is 46.1 Å². The van der Waals surface area contributed by atoms with E-state index in [1.165, 1.54) is 0 Å². The van der Waals surface area contributed by atoms with Crippen LogP contribution < -0.4 is 5.73 Å². The van der Waals surface area contributed by atoms with Crippen LogP contribution in [-0.2, 0) is 12.0 Å². The van der Waals surface area contributed by atoms with E-state index in [9.17, 15) is 0 Å². The Morgan fingerprint density at radius 1 is 1.20 bits per heavy atom. The highest BCUT2D eigenvalue weighted by molar-refractivity contribution is 9.10. The Morgan fingerprint density at radius 2 is 1.85 bits per heavy atom. The third-order valence-electron chi connectivity index (χ3n) is 3.68. The monoisotopic (exact) mass is 357 g/mol. The summed E-state index contributed by atoms with van der Waals surface area (Å²) in [5.41, 5.74) is 7.09. The summed E-state index contributed by atoms with van der Waals surface area (Å²) in [5.74, 6) is 1.30. The maximum Gasteiger partial charge on any atom is 0.231 e. The molecule has 1 heterocycles. The Bertz CT molecular complexity index is 564. The smallest absolute Gasteiger partial charge is 0.231 e. The van der Waals surface area contributed by atoms with E-state index in [0.717, 1.165) is 35.7 Å². The fourth-order valence-corrected chi connectivity index (χ4v) is 2.80. The summed E-state index contributed by atoms with van der Waals surface area (Å²) in [6, 6.07) is 8.10. The van der Waals surface area contributed by atoms with E-state index in [2.05, 4.69) is 26.1 Å². The predicted octanol–water partition coefficient (Wildman–Crippen LogP) is 3.57. The van der Waals surface area contributed by atoms with Crippen LogP contribution in [0.1, 0.15) is 43.0 Å². The molecule has 0 amide bonds. The summed E-state index contributed by atoms with van der Waals surface area (Å²) in [6.07, 6.45) is 4.84. The predicted molar refractivity (Wildman–Crippen MR) is 82.8 cm³/mol. The Labute approximate surface area is 132 Å². The molecule has 0 saturated heterocycles. The second-order valence-electron chi connectivity index (χ2n) is 5.18. The molecule has 0 atom stereocenters. The minimum Gasteiger partial charge on any atom is -0.339 e. The maximum absolute atomic E-state index is 6.32. The van der Waals surface area contributed by atoms with E-state index in [0.29, 0.717) is 18.1 Å². The molecule has 1 aromatic heterocycles. The Hall–Kier alpha value is -0.910. The van der Waals surface area contributed by atoms with Crippen LogP contribution in [0.5, 0.6) is 0 Å². The van der Waals surface area contributed by atoms with E-state index in [1.54, 1.807) is 0 Å². The molecule has 3 rings (SSSR count). The van der Waals surface area contributed by atoms with E-state index in [-0.39, 0.29) is 17.9 Å². The molecule has 0 spiro atoms. The largest absolute Gasteiger partial charge is 0.339 e. The first-order chi connectivity index (χ1) is 9.16. The normalized spacial score (nSPS) is 16.9. The first-order valence-electron chi connectivity index (χ1n) is 6.52. The molecule has 0 unspecified atom stereocenters.